The number of phenolic OH excluding ortho intramolecular Hbond substituents is 3. The van der Waals surface area contributed by atoms with E-state index in [1.807, 2.05) is 0 Å². The molecule has 2 heterocycles. The van der Waals surface area contributed by atoms with Gasteiger partial charge in [0.25, 0.3) is 0 Å². The molecular formula is C21H18O15S. The Morgan fingerprint density at radius 1 is 0.973 bits per heavy atom. The van der Waals surface area contributed by atoms with Gasteiger partial charge in [0.2, 0.25) is 12.0 Å². The standard InChI is InChI=1S/C21H18O15S/c22-8-3-1-7(2-4-8)12-6-10(24)13-9(23)5-11(25)16(17(13)33-12)34-21-19(36-37(30,31)32)15(27)14(26)18(35-21)20(28)29/h1-6,14-15,18-19,21-23,25-27H,(H,28,29)(H,30,31,32)/t14-,15-,18-,19+,21+/m0/s1. The molecule has 3 aromatic rings. The molecule has 2 aromatic carbocycles. The van der Waals surface area contributed by atoms with Crippen LogP contribution in [0.1, 0.15) is 0 Å². The van der Waals surface area contributed by atoms with Gasteiger partial charge in [-0.05, 0) is 24.3 Å². The van der Waals surface area contributed by atoms with Crippen LogP contribution in [0.4, 0.5) is 0 Å². The van der Waals surface area contributed by atoms with Crippen molar-refractivity contribution < 1.29 is 66.5 Å². The number of benzene rings is 2. The van der Waals surface area contributed by atoms with Gasteiger partial charge in [-0.1, -0.05) is 0 Å². The lowest BCUT2D eigenvalue weighted by atomic mass is 9.99. The van der Waals surface area contributed by atoms with Crippen LogP contribution in [0.2, 0.25) is 0 Å². The van der Waals surface area contributed by atoms with Crippen molar-refractivity contribution in [3.05, 3.63) is 46.6 Å². The zero-order chi connectivity index (χ0) is 27.2. The number of hydrogen-bond acceptors (Lipinski definition) is 13. The summed E-state index contributed by atoms with van der Waals surface area (Å²) in [6, 6.07) is 6.95. The quantitative estimate of drug-likeness (QED) is 0.197. The minimum absolute atomic E-state index is 0.0979. The monoisotopic (exact) mass is 542 g/mol. The summed E-state index contributed by atoms with van der Waals surface area (Å²) in [5.74, 6) is -4.47. The van der Waals surface area contributed by atoms with Gasteiger partial charge in [-0.2, -0.15) is 8.42 Å². The number of aliphatic hydroxyl groups is 2. The first-order chi connectivity index (χ1) is 17.3. The average Bonchev–Trinajstić information content (AvgIpc) is 2.79. The summed E-state index contributed by atoms with van der Waals surface area (Å²) in [7, 11) is -5.33. The molecule has 7 N–H and O–H groups in total. The lowest BCUT2D eigenvalue weighted by Crippen LogP contribution is -2.62. The first-order valence-electron chi connectivity index (χ1n) is 10.2. The highest BCUT2D eigenvalue weighted by Crippen LogP contribution is 2.42. The molecule has 5 atom stereocenters. The van der Waals surface area contributed by atoms with E-state index in [1.165, 1.54) is 24.3 Å². The fourth-order valence-electron chi connectivity index (χ4n) is 3.66. The van der Waals surface area contributed by atoms with Gasteiger partial charge >= 0.3 is 16.4 Å². The minimum Gasteiger partial charge on any atom is -0.508 e. The molecule has 4 rings (SSSR count). The zero-order valence-corrected chi connectivity index (χ0v) is 19.0. The van der Waals surface area contributed by atoms with Gasteiger partial charge in [-0.3, -0.25) is 9.35 Å². The van der Waals surface area contributed by atoms with Crippen LogP contribution in [0, 0.1) is 0 Å². The van der Waals surface area contributed by atoms with E-state index in [2.05, 4.69) is 4.18 Å². The molecule has 1 saturated heterocycles. The molecule has 16 heteroatoms. The Hall–Kier alpha value is -3.93. The summed E-state index contributed by atoms with van der Waals surface area (Å²) in [4.78, 5) is 24.3. The van der Waals surface area contributed by atoms with Crippen LogP contribution in [-0.2, 0) is 24.1 Å². The first kappa shape index (κ1) is 26.1. The van der Waals surface area contributed by atoms with E-state index >= 15 is 0 Å². The molecule has 0 aliphatic carbocycles. The topological polar surface area (TPSA) is 251 Å². The van der Waals surface area contributed by atoms with E-state index in [1.54, 1.807) is 0 Å². The number of carboxylic acid groups (broad SMARTS) is 1. The van der Waals surface area contributed by atoms with Crippen molar-refractivity contribution in [2.45, 2.75) is 30.7 Å². The predicted octanol–water partition coefficient (Wildman–Crippen LogP) is -0.325. The van der Waals surface area contributed by atoms with Crippen molar-refractivity contribution >= 4 is 27.3 Å². The molecule has 0 bridgehead atoms. The summed E-state index contributed by atoms with van der Waals surface area (Å²) >= 11 is 0. The summed E-state index contributed by atoms with van der Waals surface area (Å²) in [5, 5.41) is 59.2. The summed E-state index contributed by atoms with van der Waals surface area (Å²) in [6.45, 7) is 0. The number of ether oxygens (including phenoxy) is 2. The second kappa shape index (κ2) is 9.51. The molecule has 1 aromatic heterocycles. The van der Waals surface area contributed by atoms with E-state index in [0.717, 1.165) is 6.07 Å². The van der Waals surface area contributed by atoms with Crippen molar-refractivity contribution in [2.24, 2.45) is 0 Å². The maximum Gasteiger partial charge on any atom is 0.397 e. The summed E-state index contributed by atoms with van der Waals surface area (Å²) in [5.41, 5.74) is -1.19. The van der Waals surface area contributed by atoms with Gasteiger partial charge < -0.3 is 44.5 Å². The van der Waals surface area contributed by atoms with E-state index in [0.29, 0.717) is 6.07 Å². The number of phenols is 3. The predicted molar refractivity (Wildman–Crippen MR) is 118 cm³/mol. The van der Waals surface area contributed by atoms with Gasteiger partial charge in [-0.15, -0.1) is 0 Å². The van der Waals surface area contributed by atoms with E-state index < -0.39 is 80.7 Å². The smallest absolute Gasteiger partial charge is 0.397 e. The molecule has 37 heavy (non-hydrogen) atoms. The molecule has 0 spiro atoms. The Bertz CT molecular complexity index is 1510. The van der Waals surface area contributed by atoms with Gasteiger partial charge in [0.15, 0.2) is 29.0 Å². The highest BCUT2D eigenvalue weighted by Gasteiger charge is 2.51. The Labute approximate surface area is 205 Å². The minimum atomic E-state index is -5.33. The van der Waals surface area contributed by atoms with Crippen LogP contribution in [0.5, 0.6) is 23.0 Å². The third kappa shape index (κ3) is 5.15. The number of hydrogen-bond donors (Lipinski definition) is 7. The molecule has 1 fully saturated rings. The Balaban J connectivity index is 1.87. The zero-order valence-electron chi connectivity index (χ0n) is 18.2. The van der Waals surface area contributed by atoms with Gasteiger partial charge in [-0.25, -0.2) is 8.98 Å². The lowest BCUT2D eigenvalue weighted by molar-refractivity contribution is -0.265. The molecule has 1 aliphatic rings. The van der Waals surface area contributed by atoms with Crippen molar-refractivity contribution in [2.75, 3.05) is 0 Å². The van der Waals surface area contributed by atoms with Crippen molar-refractivity contribution in [1.82, 2.24) is 0 Å². The summed E-state index contributed by atoms with van der Waals surface area (Å²) < 4.78 is 52.1. The number of fused-ring (bicyclic) bond motifs is 1. The molecule has 0 radical (unpaired) electrons. The van der Waals surface area contributed by atoms with Gasteiger partial charge in [0, 0.05) is 17.7 Å². The second-order valence-electron chi connectivity index (χ2n) is 7.82. The number of carboxylic acids is 1. The molecule has 0 saturated carbocycles. The fraction of sp³-hybridized carbons (Fsp3) is 0.238. The SMILES string of the molecule is O=C(O)[C@H]1O[C@@H](Oc2c(O)cc(O)c3c(=O)cc(-c4ccc(O)cc4)oc23)[C@H](OS(=O)(=O)O)[C@@H](O)[C@@H]1O. The van der Waals surface area contributed by atoms with Crippen LogP contribution in [0.3, 0.4) is 0 Å². The molecule has 0 amide bonds. The fourth-order valence-corrected chi connectivity index (χ4v) is 4.14. The maximum atomic E-state index is 12.8. The van der Waals surface area contributed by atoms with Crippen molar-refractivity contribution in [1.29, 1.82) is 0 Å². The highest BCUT2D eigenvalue weighted by atomic mass is 32.3. The maximum absolute atomic E-state index is 12.8. The normalized spacial score (nSPS) is 24.1. The van der Waals surface area contributed by atoms with Gasteiger partial charge in [0.05, 0.1) is 0 Å². The van der Waals surface area contributed by atoms with E-state index in [4.69, 9.17) is 18.4 Å². The van der Waals surface area contributed by atoms with Crippen LogP contribution < -0.4 is 10.2 Å². The molecule has 15 nitrogen and oxygen atoms in total. The van der Waals surface area contributed by atoms with Crippen LogP contribution in [0.25, 0.3) is 22.3 Å². The lowest BCUT2D eigenvalue weighted by Gasteiger charge is -2.39. The molecular weight excluding hydrogens is 524 g/mol. The molecule has 198 valence electrons. The van der Waals surface area contributed by atoms with Crippen LogP contribution >= 0.6 is 0 Å². The number of rotatable bonds is 6. The number of aliphatic carboxylic acids is 1. The number of aromatic hydroxyl groups is 3. The highest BCUT2D eigenvalue weighted by molar-refractivity contribution is 7.80. The number of carbonyl (C=O) groups is 1. The molecule has 0 unspecified atom stereocenters. The Kier molecular flexibility index (Phi) is 6.72. The van der Waals surface area contributed by atoms with Crippen LogP contribution in [0.15, 0.2) is 45.6 Å². The number of aliphatic hydroxyl groups excluding tert-OH is 2. The third-order valence-corrected chi connectivity index (χ3v) is 5.79. The first-order valence-corrected chi connectivity index (χ1v) is 11.5. The molecule has 1 aliphatic heterocycles. The average molecular weight is 542 g/mol. The Morgan fingerprint density at radius 2 is 1.62 bits per heavy atom. The van der Waals surface area contributed by atoms with Gasteiger partial charge in [0.1, 0.15) is 34.9 Å². The summed E-state index contributed by atoms with van der Waals surface area (Å²) in [6.07, 6.45) is -11.3. The van der Waals surface area contributed by atoms with E-state index in [9.17, 15) is 48.6 Å². The van der Waals surface area contributed by atoms with Crippen LogP contribution in [-0.4, -0.2) is 80.3 Å². The Morgan fingerprint density at radius 3 is 2.22 bits per heavy atom. The second-order valence-corrected chi connectivity index (χ2v) is 8.87. The largest absolute Gasteiger partial charge is 0.508 e. The third-order valence-electron chi connectivity index (χ3n) is 5.32. The van der Waals surface area contributed by atoms with Crippen molar-refractivity contribution in [3.63, 3.8) is 0 Å². The van der Waals surface area contributed by atoms with E-state index in [-0.39, 0.29) is 17.1 Å². The van der Waals surface area contributed by atoms with Crippen molar-refractivity contribution in [3.8, 4) is 34.3 Å².